The second-order valence-corrected chi connectivity index (χ2v) is 5.19. The lowest BCUT2D eigenvalue weighted by Gasteiger charge is -2.12. The predicted octanol–water partition coefficient (Wildman–Crippen LogP) is 4.49. The van der Waals surface area contributed by atoms with E-state index in [0.717, 1.165) is 18.6 Å². The Morgan fingerprint density at radius 2 is 1.91 bits per heavy atom. The fourth-order valence-corrected chi connectivity index (χ4v) is 2.41. The Bertz CT molecular complexity index is 630. The number of allylic oxidation sites excluding steroid dienone is 2. The van der Waals surface area contributed by atoms with Gasteiger partial charge >= 0.3 is 6.18 Å². The van der Waals surface area contributed by atoms with Crippen molar-refractivity contribution in [2.24, 2.45) is 0 Å². The number of alkyl halides is 3. The van der Waals surface area contributed by atoms with Crippen LogP contribution in [0.4, 0.5) is 17.6 Å². The predicted molar refractivity (Wildman–Crippen MR) is 71.9 cm³/mol. The van der Waals surface area contributed by atoms with Crippen LogP contribution < -0.4 is 0 Å². The van der Waals surface area contributed by atoms with Crippen molar-refractivity contribution in [2.75, 3.05) is 0 Å². The number of hydrogen-bond donors (Lipinski definition) is 0. The minimum atomic E-state index is -4.82. The topological polar surface area (TPSA) is 34.1 Å². The Balaban J connectivity index is 2.30. The van der Waals surface area contributed by atoms with Crippen molar-refractivity contribution >= 4 is 11.6 Å². The van der Waals surface area contributed by atoms with Gasteiger partial charge in [-0.05, 0) is 43.0 Å². The number of halogens is 4. The van der Waals surface area contributed by atoms with Crippen molar-refractivity contribution < 1.29 is 27.2 Å². The molecule has 118 valence electrons. The summed E-state index contributed by atoms with van der Waals surface area (Å²) in [6, 6.07) is 1.94. The third-order valence-electron chi connectivity index (χ3n) is 3.55. The van der Waals surface area contributed by atoms with Crippen LogP contribution in [0.25, 0.3) is 0 Å². The van der Waals surface area contributed by atoms with E-state index in [1.54, 1.807) is 6.08 Å². The molecule has 0 saturated carbocycles. The highest BCUT2D eigenvalue weighted by atomic mass is 19.4. The summed E-state index contributed by atoms with van der Waals surface area (Å²) in [4.78, 5) is 23.9. The van der Waals surface area contributed by atoms with Gasteiger partial charge in [0, 0.05) is 18.4 Å². The van der Waals surface area contributed by atoms with Gasteiger partial charge in [-0.1, -0.05) is 6.08 Å². The molecule has 6 heteroatoms. The van der Waals surface area contributed by atoms with Crippen LogP contribution in [0.1, 0.15) is 48.0 Å². The van der Waals surface area contributed by atoms with Crippen LogP contribution in [0.3, 0.4) is 0 Å². The number of rotatable bonds is 3. The second kappa shape index (κ2) is 6.42. The highest BCUT2D eigenvalue weighted by Gasteiger charge is 2.35. The molecule has 0 aromatic heterocycles. The quantitative estimate of drug-likeness (QED) is 0.608. The molecule has 0 amide bonds. The lowest BCUT2D eigenvalue weighted by atomic mass is 9.95. The monoisotopic (exact) mass is 314 g/mol. The molecule has 1 aliphatic carbocycles. The number of Topliss-reactive ketones (excluding diaryl/α,β-unsaturated/α-hetero) is 2. The first-order valence-electron chi connectivity index (χ1n) is 6.91. The van der Waals surface area contributed by atoms with Crippen molar-refractivity contribution in [3.8, 4) is 0 Å². The largest absolute Gasteiger partial charge is 0.417 e. The van der Waals surface area contributed by atoms with E-state index in [2.05, 4.69) is 0 Å². The fourth-order valence-electron chi connectivity index (χ4n) is 2.41. The molecule has 0 saturated heterocycles. The van der Waals surface area contributed by atoms with Gasteiger partial charge in [0.1, 0.15) is 5.82 Å². The van der Waals surface area contributed by atoms with Crippen LogP contribution in [0.5, 0.6) is 0 Å². The Morgan fingerprint density at radius 1 is 1.18 bits per heavy atom. The van der Waals surface area contributed by atoms with Gasteiger partial charge in [-0.25, -0.2) is 4.39 Å². The lowest BCUT2D eigenvalue weighted by molar-refractivity contribution is -0.138. The summed E-state index contributed by atoms with van der Waals surface area (Å²) in [6.07, 6.45) is -1.14. The minimum Gasteiger partial charge on any atom is -0.295 e. The van der Waals surface area contributed by atoms with Gasteiger partial charge in [0.25, 0.3) is 0 Å². The van der Waals surface area contributed by atoms with Crippen LogP contribution in [-0.2, 0) is 11.0 Å². The summed E-state index contributed by atoms with van der Waals surface area (Å²) in [5, 5.41) is 0. The fraction of sp³-hybridized carbons (Fsp3) is 0.375. The summed E-state index contributed by atoms with van der Waals surface area (Å²) < 4.78 is 51.8. The molecule has 0 heterocycles. The van der Waals surface area contributed by atoms with E-state index in [1.165, 1.54) is 0 Å². The Kier molecular flexibility index (Phi) is 4.78. The number of ketones is 2. The summed E-state index contributed by atoms with van der Waals surface area (Å²) in [5.74, 6) is -2.09. The highest BCUT2D eigenvalue weighted by Crippen LogP contribution is 2.33. The molecule has 0 radical (unpaired) electrons. The Labute approximate surface area is 124 Å². The van der Waals surface area contributed by atoms with E-state index in [0.29, 0.717) is 25.3 Å². The average Bonchev–Trinajstić information content (AvgIpc) is 2.63. The maximum absolute atomic E-state index is 13.0. The molecule has 0 fully saturated rings. The van der Waals surface area contributed by atoms with E-state index in [-0.39, 0.29) is 17.8 Å². The van der Waals surface area contributed by atoms with Crippen molar-refractivity contribution in [2.45, 2.75) is 38.3 Å². The van der Waals surface area contributed by atoms with Gasteiger partial charge in [0.05, 0.1) is 5.56 Å². The van der Waals surface area contributed by atoms with E-state index >= 15 is 0 Å². The molecular formula is C16H14F4O2. The normalized spacial score (nSPS) is 16.2. The third kappa shape index (κ3) is 3.81. The van der Waals surface area contributed by atoms with Gasteiger partial charge in [-0.2, -0.15) is 13.2 Å². The zero-order valence-corrected chi connectivity index (χ0v) is 11.7. The first-order valence-corrected chi connectivity index (χ1v) is 6.91. The van der Waals surface area contributed by atoms with E-state index in [9.17, 15) is 27.2 Å². The smallest absolute Gasteiger partial charge is 0.295 e. The summed E-state index contributed by atoms with van der Waals surface area (Å²) in [7, 11) is 0. The van der Waals surface area contributed by atoms with Crippen LogP contribution in [0.2, 0.25) is 0 Å². The Morgan fingerprint density at radius 3 is 2.59 bits per heavy atom. The van der Waals surface area contributed by atoms with Gasteiger partial charge in [-0.15, -0.1) is 0 Å². The zero-order valence-electron chi connectivity index (χ0n) is 11.7. The van der Waals surface area contributed by atoms with E-state index < -0.39 is 28.9 Å². The van der Waals surface area contributed by atoms with Crippen LogP contribution in [0.15, 0.2) is 29.8 Å². The molecule has 2 rings (SSSR count). The van der Waals surface area contributed by atoms with Gasteiger partial charge < -0.3 is 0 Å². The van der Waals surface area contributed by atoms with Gasteiger partial charge in [0.15, 0.2) is 11.6 Å². The van der Waals surface area contributed by atoms with Gasteiger partial charge in [-0.3, -0.25) is 9.59 Å². The SMILES string of the molecule is O=C1CCCCC=C1CC(=O)c1ccc(F)cc1C(F)(F)F. The maximum Gasteiger partial charge on any atom is 0.417 e. The summed E-state index contributed by atoms with van der Waals surface area (Å²) in [5.41, 5.74) is -1.66. The van der Waals surface area contributed by atoms with Gasteiger partial charge in [0.2, 0.25) is 0 Å². The zero-order chi connectivity index (χ0) is 16.3. The molecule has 0 bridgehead atoms. The van der Waals surface area contributed by atoms with Crippen LogP contribution >= 0.6 is 0 Å². The average molecular weight is 314 g/mol. The number of benzene rings is 1. The summed E-state index contributed by atoms with van der Waals surface area (Å²) >= 11 is 0. The molecule has 22 heavy (non-hydrogen) atoms. The lowest BCUT2D eigenvalue weighted by Crippen LogP contribution is -2.15. The molecule has 0 atom stereocenters. The number of hydrogen-bond acceptors (Lipinski definition) is 2. The van der Waals surface area contributed by atoms with E-state index in [4.69, 9.17) is 0 Å². The van der Waals surface area contributed by atoms with Crippen molar-refractivity contribution in [1.82, 2.24) is 0 Å². The molecule has 1 aromatic rings. The standard InChI is InChI=1S/C16H14F4O2/c17-11-6-7-12(13(9-11)16(18,19)20)15(22)8-10-4-2-1-3-5-14(10)21/h4,6-7,9H,1-3,5,8H2. The second-order valence-electron chi connectivity index (χ2n) is 5.19. The molecule has 2 nitrogen and oxygen atoms in total. The van der Waals surface area contributed by atoms with Crippen molar-refractivity contribution in [3.05, 3.63) is 46.8 Å². The molecule has 0 N–H and O–H groups in total. The molecule has 0 spiro atoms. The summed E-state index contributed by atoms with van der Waals surface area (Å²) in [6.45, 7) is 0. The molecule has 1 aliphatic rings. The highest BCUT2D eigenvalue weighted by molar-refractivity contribution is 6.06. The first kappa shape index (κ1) is 16.4. The van der Waals surface area contributed by atoms with Crippen molar-refractivity contribution in [1.29, 1.82) is 0 Å². The number of carbonyl (C=O) groups excluding carboxylic acids is 2. The maximum atomic E-state index is 13.0. The molecule has 1 aromatic carbocycles. The minimum absolute atomic E-state index is 0.207. The van der Waals surface area contributed by atoms with Crippen LogP contribution in [0, 0.1) is 5.82 Å². The van der Waals surface area contributed by atoms with Crippen molar-refractivity contribution in [3.63, 3.8) is 0 Å². The molecule has 0 unspecified atom stereocenters. The van der Waals surface area contributed by atoms with E-state index in [1.807, 2.05) is 0 Å². The Hall–Kier alpha value is -1.98. The molecule has 0 aliphatic heterocycles. The number of carbonyl (C=O) groups is 2. The van der Waals surface area contributed by atoms with Crippen LogP contribution in [-0.4, -0.2) is 11.6 Å². The molecular weight excluding hydrogens is 300 g/mol. The first-order chi connectivity index (χ1) is 10.3. The third-order valence-corrected chi connectivity index (χ3v) is 3.55.